The quantitative estimate of drug-likeness (QED) is 0.287. The predicted octanol–water partition coefficient (Wildman–Crippen LogP) is 4.28. The molecule has 4 aromatic rings. The number of hydrogen-bond donors (Lipinski definition) is 3. The molecular weight excluding hydrogens is 552 g/mol. The number of anilines is 2. The van der Waals surface area contributed by atoms with Crippen LogP contribution in [0, 0.1) is 12.8 Å². The van der Waals surface area contributed by atoms with Gasteiger partial charge in [0, 0.05) is 42.5 Å². The SMILES string of the molecule is Cc1cccc2nc(CN(C(=O)OC(C)(C)C)c3cc(NC[C@H]4CCN(C(=O)O)C[C@@H]4O)nc4c(C5CC5)cnn34)cn12. The second kappa shape index (κ2) is 11.0. The van der Waals surface area contributed by atoms with Crippen LogP contribution in [0.3, 0.4) is 0 Å². The zero-order valence-electron chi connectivity index (χ0n) is 24.9. The molecule has 4 aromatic heterocycles. The molecule has 13 nitrogen and oxygen atoms in total. The van der Waals surface area contributed by atoms with Gasteiger partial charge in [0.05, 0.1) is 31.1 Å². The van der Waals surface area contributed by atoms with Crippen molar-refractivity contribution >= 4 is 35.1 Å². The topological polar surface area (TPSA) is 150 Å². The van der Waals surface area contributed by atoms with E-state index in [9.17, 15) is 19.8 Å². The van der Waals surface area contributed by atoms with Crippen molar-refractivity contribution in [3.8, 4) is 0 Å². The van der Waals surface area contributed by atoms with Crippen LogP contribution >= 0.6 is 0 Å². The van der Waals surface area contributed by atoms with Crippen LogP contribution in [0.1, 0.15) is 62.9 Å². The summed E-state index contributed by atoms with van der Waals surface area (Å²) in [4.78, 5) is 37.6. The van der Waals surface area contributed by atoms with Gasteiger partial charge in [0.2, 0.25) is 0 Å². The molecule has 2 amide bonds. The lowest BCUT2D eigenvalue weighted by atomic mass is 9.94. The van der Waals surface area contributed by atoms with E-state index in [1.807, 2.05) is 62.7 Å². The number of nitrogens with zero attached hydrogens (tertiary/aromatic N) is 7. The van der Waals surface area contributed by atoms with Crippen LogP contribution in [0.2, 0.25) is 0 Å². The van der Waals surface area contributed by atoms with Gasteiger partial charge in [-0.1, -0.05) is 6.07 Å². The maximum Gasteiger partial charge on any atom is 0.416 e. The molecule has 228 valence electrons. The number of aromatic nitrogens is 5. The van der Waals surface area contributed by atoms with E-state index in [2.05, 4.69) is 10.4 Å². The third-order valence-electron chi connectivity index (χ3n) is 7.99. The molecule has 1 aliphatic heterocycles. The highest BCUT2D eigenvalue weighted by atomic mass is 16.6. The number of nitrogens with one attached hydrogen (secondary N) is 1. The third-order valence-corrected chi connectivity index (χ3v) is 7.99. The summed E-state index contributed by atoms with van der Waals surface area (Å²) in [6, 6.07) is 7.63. The maximum absolute atomic E-state index is 13.8. The largest absolute Gasteiger partial charge is 0.465 e. The molecule has 6 rings (SSSR count). The van der Waals surface area contributed by atoms with Gasteiger partial charge in [0.25, 0.3) is 0 Å². The molecule has 43 heavy (non-hydrogen) atoms. The number of β-amino-alcohol motifs (C(OH)–C–C–N with tert-alkyl or cyclic N) is 1. The smallest absolute Gasteiger partial charge is 0.416 e. The molecule has 2 atom stereocenters. The Morgan fingerprint density at radius 3 is 2.65 bits per heavy atom. The van der Waals surface area contributed by atoms with Gasteiger partial charge in [0.15, 0.2) is 5.65 Å². The van der Waals surface area contributed by atoms with Crippen molar-refractivity contribution in [2.24, 2.45) is 5.92 Å². The number of piperidine rings is 1. The number of imidazole rings is 1. The standard InChI is InChI=1S/C30H38N8O5/c1-18-6-5-7-25-33-21(15-36(18)25)16-37(29(42)43-30(2,3)4)26-12-24(34-27-22(19-8-9-19)14-32-38(26)27)31-13-20-10-11-35(28(40)41)17-23(20)39/h5-7,12,14-15,19-20,23,39H,8-11,13,16-17H2,1-4H3,(H,31,34)(H,40,41)/t20-,23+/m1/s1. The summed E-state index contributed by atoms with van der Waals surface area (Å²) in [5.41, 5.74) is 3.43. The lowest BCUT2D eigenvalue weighted by Crippen LogP contribution is -2.47. The van der Waals surface area contributed by atoms with Crippen molar-refractivity contribution in [2.75, 3.05) is 29.9 Å². The highest BCUT2D eigenvalue weighted by Gasteiger charge is 2.33. The first-order valence-electron chi connectivity index (χ1n) is 14.7. The average Bonchev–Trinajstić information content (AvgIpc) is 3.54. The summed E-state index contributed by atoms with van der Waals surface area (Å²) in [6.45, 7) is 8.43. The van der Waals surface area contributed by atoms with Crippen molar-refractivity contribution < 1.29 is 24.5 Å². The highest BCUT2D eigenvalue weighted by Crippen LogP contribution is 2.42. The van der Waals surface area contributed by atoms with Gasteiger partial charge < -0.3 is 29.6 Å². The number of hydrogen-bond acceptors (Lipinski definition) is 8. The van der Waals surface area contributed by atoms with Crippen LogP contribution in [-0.4, -0.2) is 82.6 Å². The fourth-order valence-electron chi connectivity index (χ4n) is 5.55. The van der Waals surface area contributed by atoms with Gasteiger partial charge in [-0.25, -0.2) is 19.6 Å². The Morgan fingerprint density at radius 2 is 1.98 bits per heavy atom. The highest BCUT2D eigenvalue weighted by molar-refractivity contribution is 5.88. The number of ether oxygens (including phenoxy) is 1. The molecule has 2 fully saturated rings. The van der Waals surface area contributed by atoms with E-state index in [-0.39, 0.29) is 19.0 Å². The van der Waals surface area contributed by atoms with E-state index in [4.69, 9.17) is 14.7 Å². The third kappa shape index (κ3) is 6.07. The number of aryl methyl sites for hydroxylation is 1. The number of aliphatic hydroxyl groups excluding tert-OH is 1. The Balaban J connectivity index is 1.36. The van der Waals surface area contributed by atoms with Gasteiger partial charge in [-0.15, -0.1) is 0 Å². The van der Waals surface area contributed by atoms with E-state index in [1.165, 1.54) is 9.80 Å². The fourth-order valence-corrected chi connectivity index (χ4v) is 5.55. The average molecular weight is 591 g/mol. The molecule has 0 spiro atoms. The minimum absolute atomic E-state index is 0.0682. The number of pyridine rings is 1. The number of aliphatic hydroxyl groups is 1. The molecule has 2 aliphatic rings. The van der Waals surface area contributed by atoms with Crippen molar-refractivity contribution in [3.63, 3.8) is 0 Å². The number of rotatable bonds is 7. The molecule has 0 bridgehead atoms. The monoisotopic (exact) mass is 590 g/mol. The second-order valence-electron chi connectivity index (χ2n) is 12.5. The van der Waals surface area contributed by atoms with Crippen LogP contribution in [0.4, 0.5) is 21.2 Å². The zero-order chi connectivity index (χ0) is 30.5. The fraction of sp³-hybridized carbons (Fsp3) is 0.500. The molecule has 5 heterocycles. The first-order valence-corrected chi connectivity index (χ1v) is 14.7. The van der Waals surface area contributed by atoms with E-state index in [0.717, 1.165) is 29.7 Å². The van der Waals surface area contributed by atoms with Crippen molar-refractivity contribution in [1.82, 2.24) is 28.9 Å². The predicted molar refractivity (Wildman–Crippen MR) is 160 cm³/mol. The zero-order valence-corrected chi connectivity index (χ0v) is 24.9. The van der Waals surface area contributed by atoms with Crippen LogP contribution in [0.25, 0.3) is 11.3 Å². The van der Waals surface area contributed by atoms with Gasteiger partial charge in [-0.2, -0.15) is 9.61 Å². The van der Waals surface area contributed by atoms with Gasteiger partial charge in [-0.05, 0) is 65.0 Å². The number of likely N-dealkylation sites (tertiary alicyclic amines) is 1. The summed E-state index contributed by atoms with van der Waals surface area (Å²) >= 11 is 0. The van der Waals surface area contributed by atoms with Gasteiger partial charge in [0.1, 0.15) is 22.9 Å². The van der Waals surface area contributed by atoms with Crippen molar-refractivity contribution in [3.05, 3.63) is 53.6 Å². The van der Waals surface area contributed by atoms with Gasteiger partial charge in [-0.3, -0.25) is 4.90 Å². The molecule has 1 saturated heterocycles. The summed E-state index contributed by atoms with van der Waals surface area (Å²) in [5.74, 6) is 1.21. The van der Waals surface area contributed by atoms with Crippen molar-refractivity contribution in [1.29, 1.82) is 0 Å². The first kappa shape index (κ1) is 28.7. The first-order chi connectivity index (χ1) is 20.5. The summed E-state index contributed by atoms with van der Waals surface area (Å²) in [7, 11) is 0. The molecule has 0 unspecified atom stereocenters. The molecule has 0 radical (unpaired) electrons. The number of carbonyl (C=O) groups is 2. The summed E-state index contributed by atoms with van der Waals surface area (Å²) in [5, 5.41) is 27.9. The lowest BCUT2D eigenvalue weighted by Gasteiger charge is -2.34. The molecule has 0 aromatic carbocycles. The Bertz CT molecular complexity index is 1670. The number of amides is 2. The lowest BCUT2D eigenvalue weighted by molar-refractivity contribution is 0.0294. The van der Waals surface area contributed by atoms with Crippen LogP contribution in [-0.2, 0) is 11.3 Å². The molecular formula is C30H38N8O5. The summed E-state index contributed by atoms with van der Waals surface area (Å²) in [6.07, 6.45) is 4.00. The van der Waals surface area contributed by atoms with E-state index in [0.29, 0.717) is 48.4 Å². The summed E-state index contributed by atoms with van der Waals surface area (Å²) < 4.78 is 9.53. The molecule has 1 aliphatic carbocycles. The van der Waals surface area contributed by atoms with E-state index in [1.54, 1.807) is 10.6 Å². The normalized spacial score (nSPS) is 19.1. The van der Waals surface area contributed by atoms with Crippen molar-refractivity contribution in [2.45, 2.75) is 71.1 Å². The maximum atomic E-state index is 13.8. The number of carboxylic acid groups (broad SMARTS) is 1. The number of carbonyl (C=O) groups excluding carboxylic acids is 1. The number of fused-ring (bicyclic) bond motifs is 2. The molecule has 3 N–H and O–H groups in total. The second-order valence-corrected chi connectivity index (χ2v) is 12.5. The Kier molecular flexibility index (Phi) is 7.36. The Morgan fingerprint density at radius 1 is 1.19 bits per heavy atom. The molecule has 13 heteroatoms. The van der Waals surface area contributed by atoms with Crippen LogP contribution in [0.5, 0.6) is 0 Å². The van der Waals surface area contributed by atoms with E-state index >= 15 is 0 Å². The van der Waals surface area contributed by atoms with Crippen LogP contribution in [0.15, 0.2) is 36.7 Å². The minimum Gasteiger partial charge on any atom is -0.465 e. The Labute approximate surface area is 249 Å². The van der Waals surface area contributed by atoms with E-state index < -0.39 is 23.9 Å². The van der Waals surface area contributed by atoms with Crippen LogP contribution < -0.4 is 10.2 Å². The van der Waals surface area contributed by atoms with Gasteiger partial charge >= 0.3 is 12.2 Å². The Hall–Kier alpha value is -4.39. The minimum atomic E-state index is -1.03. The molecule has 1 saturated carbocycles.